The van der Waals surface area contributed by atoms with E-state index < -0.39 is 17.4 Å². The largest absolute Gasteiger partial charge is 0.550 e. The molecule has 0 amide bonds. The first-order valence-electron chi connectivity index (χ1n) is 14.1. The van der Waals surface area contributed by atoms with Gasteiger partial charge in [0.1, 0.15) is 0 Å². The minimum atomic E-state index is -1.17. The predicted octanol–water partition coefficient (Wildman–Crippen LogP) is 5.82. The van der Waals surface area contributed by atoms with Crippen molar-refractivity contribution in [2.24, 2.45) is 5.41 Å². The van der Waals surface area contributed by atoms with Crippen molar-refractivity contribution in [3.05, 3.63) is 71.8 Å². The molecule has 0 fully saturated rings. The molecular weight excluding hydrogens is 567 g/mol. The third-order valence-electron chi connectivity index (χ3n) is 6.65. The zero-order valence-electron chi connectivity index (χ0n) is 23.0. The van der Waals surface area contributed by atoms with Crippen LogP contribution in [0.1, 0.15) is 95.6 Å². The molecule has 0 aliphatic heterocycles. The van der Waals surface area contributed by atoms with E-state index in [1.807, 2.05) is 60.7 Å². The molecule has 2 aromatic rings. The fraction of sp³-hybridized carbons (Fsp3) is 0.562. The minimum Gasteiger partial charge on any atom is -0.550 e. The van der Waals surface area contributed by atoms with Gasteiger partial charge in [0.05, 0.1) is 0 Å². The van der Waals surface area contributed by atoms with Crippen LogP contribution in [0.4, 0.5) is 0 Å². The molecule has 0 aliphatic rings. The van der Waals surface area contributed by atoms with Crippen molar-refractivity contribution in [3.8, 4) is 0 Å². The number of carboxylic acids is 2. The van der Waals surface area contributed by atoms with Crippen LogP contribution in [-0.2, 0) is 22.4 Å². The summed E-state index contributed by atoms with van der Waals surface area (Å²) >= 11 is 0.104. The predicted molar refractivity (Wildman–Crippen MR) is 150 cm³/mol. The number of aliphatic carboxylic acids is 2. The van der Waals surface area contributed by atoms with Gasteiger partial charge in [-0.3, -0.25) is 0 Å². The van der Waals surface area contributed by atoms with E-state index in [4.69, 9.17) is 0 Å². The van der Waals surface area contributed by atoms with Crippen LogP contribution in [0.3, 0.4) is 0 Å². The summed E-state index contributed by atoms with van der Waals surface area (Å²) in [6.45, 7) is 4.59. The molecule has 0 aromatic heterocycles. The molecular formula is C32H46O4Sn. The van der Waals surface area contributed by atoms with Crippen molar-refractivity contribution < 1.29 is 19.8 Å². The Morgan fingerprint density at radius 3 is 1.51 bits per heavy atom. The van der Waals surface area contributed by atoms with Gasteiger partial charge in [0, 0.05) is 17.4 Å². The topological polar surface area (TPSA) is 80.3 Å². The minimum absolute atomic E-state index is 0.104. The first-order valence-corrected chi connectivity index (χ1v) is 18.2. The van der Waals surface area contributed by atoms with Crippen LogP contribution in [0.15, 0.2) is 60.7 Å². The summed E-state index contributed by atoms with van der Waals surface area (Å²) in [5.74, 6) is -2.31. The summed E-state index contributed by atoms with van der Waals surface area (Å²) in [4.78, 5) is 22.7. The Morgan fingerprint density at radius 2 is 1.14 bits per heavy atom. The number of carboxylic acid groups (broad SMARTS) is 2. The van der Waals surface area contributed by atoms with Crippen molar-refractivity contribution in [1.29, 1.82) is 0 Å². The standard InChI is InChI=1S/C20H22O4.2C6H13.Sn/c21-18(22)12-7-13-20(19(23)24,14-16-8-3-1-4-9-16)15-17-10-5-2-6-11-17;2*1-3-5-6-4-2;/h1-6,8-11H,7,12-15H2,(H,21,22)(H,23,24);2*1,3-6H2,2H3;/q;;;+2/p-2. The molecule has 0 heterocycles. The molecule has 202 valence electrons. The number of carbonyl (C=O) groups is 2. The van der Waals surface area contributed by atoms with Crippen molar-refractivity contribution >= 4 is 33.1 Å². The average Bonchev–Trinajstić information content (AvgIpc) is 2.89. The van der Waals surface area contributed by atoms with Gasteiger partial charge in [-0.2, -0.15) is 0 Å². The van der Waals surface area contributed by atoms with Gasteiger partial charge in [-0.05, 0) is 43.2 Å². The third-order valence-corrected chi connectivity index (χ3v) is 10.7. The zero-order chi connectivity index (χ0) is 27.2. The molecule has 0 radical (unpaired) electrons. The summed E-state index contributed by atoms with van der Waals surface area (Å²) in [5, 5.41) is 22.7. The van der Waals surface area contributed by atoms with Gasteiger partial charge in [0.2, 0.25) is 0 Å². The van der Waals surface area contributed by atoms with E-state index in [0.717, 1.165) is 11.1 Å². The Kier molecular flexibility index (Phi) is 19.0. The van der Waals surface area contributed by atoms with Crippen LogP contribution in [0.5, 0.6) is 0 Å². The monoisotopic (exact) mass is 614 g/mol. The quantitative estimate of drug-likeness (QED) is 0.148. The Bertz CT molecular complexity index is 787. The molecule has 0 saturated heterocycles. The Labute approximate surface area is 235 Å². The first-order chi connectivity index (χ1) is 17.9. The maximum absolute atomic E-state index is 12.0. The summed E-state index contributed by atoms with van der Waals surface area (Å²) in [6, 6.07) is 18.7. The molecule has 37 heavy (non-hydrogen) atoms. The fourth-order valence-corrected chi connectivity index (χ4v) is 8.08. The molecule has 0 bridgehead atoms. The van der Waals surface area contributed by atoms with E-state index in [-0.39, 0.29) is 40.4 Å². The Balaban J connectivity index is 0.000000448. The molecule has 0 unspecified atom stereocenters. The Morgan fingerprint density at radius 1 is 0.676 bits per heavy atom. The maximum atomic E-state index is 12.0. The summed E-state index contributed by atoms with van der Waals surface area (Å²) in [6.07, 6.45) is 12.8. The van der Waals surface area contributed by atoms with Crippen LogP contribution >= 0.6 is 0 Å². The van der Waals surface area contributed by atoms with Crippen molar-refractivity contribution in [3.63, 3.8) is 0 Å². The number of rotatable bonds is 19. The van der Waals surface area contributed by atoms with Gasteiger partial charge in [-0.25, -0.2) is 0 Å². The smallest absolute Gasteiger partial charge is 0.0482 e. The molecule has 2 aromatic carbocycles. The third kappa shape index (κ3) is 15.9. The zero-order valence-corrected chi connectivity index (χ0v) is 25.9. The van der Waals surface area contributed by atoms with E-state index >= 15 is 0 Å². The number of carbonyl (C=O) groups excluding carboxylic acids is 2. The molecule has 5 heteroatoms. The molecule has 4 nitrogen and oxygen atoms in total. The summed E-state index contributed by atoms with van der Waals surface area (Å²) in [7, 11) is 0. The van der Waals surface area contributed by atoms with Crippen LogP contribution in [0, 0.1) is 5.41 Å². The van der Waals surface area contributed by atoms with Crippen LogP contribution in [0.2, 0.25) is 8.87 Å². The molecule has 0 N–H and O–H groups in total. The van der Waals surface area contributed by atoms with E-state index in [1.165, 1.54) is 38.5 Å². The van der Waals surface area contributed by atoms with Gasteiger partial charge in [-0.15, -0.1) is 0 Å². The summed E-state index contributed by atoms with van der Waals surface area (Å²) in [5.41, 5.74) is 0.648. The second-order valence-corrected chi connectivity index (χ2v) is 14.3. The van der Waals surface area contributed by atoms with Gasteiger partial charge in [0.15, 0.2) is 0 Å². The molecule has 2 rings (SSSR count). The molecule has 0 spiro atoms. The van der Waals surface area contributed by atoms with Gasteiger partial charge in [-0.1, -0.05) is 60.7 Å². The van der Waals surface area contributed by atoms with E-state index in [9.17, 15) is 19.8 Å². The average molecular weight is 613 g/mol. The van der Waals surface area contributed by atoms with Gasteiger partial charge < -0.3 is 19.8 Å². The van der Waals surface area contributed by atoms with Gasteiger partial charge in [0.25, 0.3) is 0 Å². The van der Waals surface area contributed by atoms with Crippen molar-refractivity contribution in [2.45, 2.75) is 106 Å². The molecule has 0 aliphatic carbocycles. The second-order valence-electron chi connectivity index (χ2n) is 9.99. The van der Waals surface area contributed by atoms with Crippen LogP contribution in [-0.4, -0.2) is 33.1 Å². The number of unbranched alkanes of at least 4 members (excludes halogenated alkanes) is 6. The Hall–Kier alpha value is -1.82. The van der Waals surface area contributed by atoms with Gasteiger partial charge >= 0.3 is 95.2 Å². The normalized spacial score (nSPS) is 10.8. The summed E-state index contributed by atoms with van der Waals surface area (Å²) < 4.78 is 3.30. The number of hydrogen-bond donors (Lipinski definition) is 0. The molecule has 0 saturated carbocycles. The van der Waals surface area contributed by atoms with Crippen LogP contribution in [0.25, 0.3) is 0 Å². The number of hydrogen-bond acceptors (Lipinski definition) is 4. The van der Waals surface area contributed by atoms with E-state index in [1.54, 1.807) is 21.7 Å². The first kappa shape index (κ1) is 33.2. The second kappa shape index (κ2) is 21.1. The van der Waals surface area contributed by atoms with Crippen LogP contribution < -0.4 is 10.2 Å². The van der Waals surface area contributed by atoms with Crippen molar-refractivity contribution in [2.75, 3.05) is 0 Å². The fourth-order valence-electron chi connectivity index (χ4n) is 4.51. The van der Waals surface area contributed by atoms with Crippen molar-refractivity contribution in [1.82, 2.24) is 0 Å². The van der Waals surface area contributed by atoms with E-state index in [0.29, 0.717) is 12.8 Å². The SMILES string of the molecule is CCCCC[CH2][Sn+2][CH2]CCCCC.O=C([O-])CCCC(Cc1ccccc1)(Cc1ccccc1)C(=O)[O-]. The number of benzene rings is 2. The molecule has 0 atom stereocenters. The maximum Gasteiger partial charge on any atom is 0.0482 e. The van der Waals surface area contributed by atoms with E-state index in [2.05, 4.69) is 13.8 Å².